The largest absolute Gasteiger partial charge is 0.463 e. The molecule has 4 aromatic rings. The van der Waals surface area contributed by atoms with Crippen molar-refractivity contribution in [3.8, 4) is 0 Å². The number of ether oxygens (including phenoxy) is 13. The lowest BCUT2D eigenvalue weighted by Gasteiger charge is -2.49. The second-order valence-electron chi connectivity index (χ2n) is 21.6. The lowest BCUT2D eigenvalue weighted by molar-refractivity contribution is -0.369. The Morgan fingerprint density at radius 2 is 0.950 bits per heavy atom. The number of aliphatic hydroxyl groups is 1. The van der Waals surface area contributed by atoms with Crippen molar-refractivity contribution in [2.75, 3.05) is 19.8 Å². The van der Waals surface area contributed by atoms with Crippen LogP contribution in [0, 0.1) is 0 Å². The fourth-order valence-corrected chi connectivity index (χ4v) is 10.3. The minimum absolute atomic E-state index is 0.0420. The van der Waals surface area contributed by atoms with Gasteiger partial charge in [-0.2, -0.15) is 0 Å². The third-order valence-corrected chi connectivity index (χ3v) is 18.8. The molecule has 1 N–H and O–H groups in total. The number of hydrogen-bond acceptors (Lipinski definition) is 19. The molecule has 20 heteroatoms. The number of carbonyl (C=O) groups is 4. The summed E-state index contributed by atoms with van der Waals surface area (Å²) in [6.07, 6.45) is -17.4. The molecule has 0 unspecified atom stereocenters. The molecule has 3 aliphatic heterocycles. The van der Waals surface area contributed by atoms with E-state index in [9.17, 15) is 24.3 Å². The van der Waals surface area contributed by atoms with Crippen LogP contribution < -0.4 is 0 Å². The van der Waals surface area contributed by atoms with E-state index in [1.165, 1.54) is 13.8 Å². The van der Waals surface area contributed by atoms with Crippen LogP contribution in [-0.4, -0.2) is 143 Å². The summed E-state index contributed by atoms with van der Waals surface area (Å²) in [5, 5.41) is 10.9. The van der Waals surface area contributed by atoms with Gasteiger partial charge in [-0.05, 0) is 40.4 Å². The van der Waals surface area contributed by atoms with E-state index in [0.29, 0.717) is 0 Å². The van der Waals surface area contributed by atoms with Crippen molar-refractivity contribution in [3.63, 3.8) is 0 Å². The molecule has 80 heavy (non-hydrogen) atoms. The fourth-order valence-electron chi connectivity index (χ4n) is 9.29. The van der Waals surface area contributed by atoms with Gasteiger partial charge in [-0.3, -0.25) is 19.2 Å². The van der Waals surface area contributed by atoms with Gasteiger partial charge in [0.05, 0.1) is 45.7 Å². The van der Waals surface area contributed by atoms with Crippen LogP contribution in [-0.2, 0) is 112 Å². The summed E-state index contributed by atoms with van der Waals surface area (Å²) in [5.74, 6) is -3.05. The van der Waals surface area contributed by atoms with E-state index in [1.54, 1.807) is 0 Å². The van der Waals surface area contributed by atoms with Gasteiger partial charge in [0, 0.05) is 34.1 Å². The van der Waals surface area contributed by atoms with Gasteiger partial charge in [-0.15, -0.1) is 0 Å². The quantitative estimate of drug-likeness (QED) is 0.0382. The summed E-state index contributed by atoms with van der Waals surface area (Å²) in [6, 6.07) is 39.0. The maximum Gasteiger partial charge on any atom is 0.303 e. The monoisotopic (exact) mass is 1130 g/mol. The number of hydrogen-bond donors (Lipinski definition) is 1. The number of aliphatic hydroxyl groups excluding tert-OH is 1. The highest BCUT2D eigenvalue weighted by Gasteiger charge is 2.56. The smallest absolute Gasteiger partial charge is 0.303 e. The van der Waals surface area contributed by atoms with Gasteiger partial charge in [0.2, 0.25) is 0 Å². The van der Waals surface area contributed by atoms with Crippen molar-refractivity contribution >= 4 is 32.2 Å². The van der Waals surface area contributed by atoms with Crippen LogP contribution in [0.1, 0.15) is 77.1 Å². The van der Waals surface area contributed by atoms with Crippen molar-refractivity contribution in [1.82, 2.24) is 0 Å². The molecule has 3 saturated heterocycles. The number of esters is 4. The molecule has 4 aromatic carbocycles. The first-order valence-corrected chi connectivity index (χ1v) is 30.0. The minimum atomic E-state index is -2.56. The van der Waals surface area contributed by atoms with Gasteiger partial charge < -0.3 is 71.1 Å². The van der Waals surface area contributed by atoms with Crippen molar-refractivity contribution in [1.29, 1.82) is 0 Å². The van der Waals surface area contributed by atoms with Crippen molar-refractivity contribution in [2.45, 2.75) is 185 Å². The Kier molecular flexibility index (Phi) is 22.9. The highest BCUT2D eigenvalue weighted by atomic mass is 28.4. The zero-order valence-corrected chi connectivity index (χ0v) is 48.1. The van der Waals surface area contributed by atoms with E-state index in [4.69, 9.17) is 66.0 Å². The number of carbonyl (C=O) groups excluding carboxylic acids is 4. The van der Waals surface area contributed by atoms with Crippen molar-refractivity contribution in [2.24, 2.45) is 0 Å². The summed E-state index contributed by atoms with van der Waals surface area (Å²) in [7, 11) is -2.56. The molecule has 0 amide bonds. The molecule has 436 valence electrons. The van der Waals surface area contributed by atoms with Crippen LogP contribution >= 0.6 is 0 Å². The van der Waals surface area contributed by atoms with E-state index in [1.807, 2.05) is 121 Å². The lowest BCUT2D eigenvalue weighted by atomic mass is 9.96. The Morgan fingerprint density at radius 3 is 1.45 bits per heavy atom. The summed E-state index contributed by atoms with van der Waals surface area (Å²) in [4.78, 5) is 50.6. The molecule has 0 aromatic heterocycles. The molecular formula is C60H78O19Si. The third-order valence-electron chi connectivity index (χ3n) is 14.3. The first-order chi connectivity index (χ1) is 38.2. The Bertz CT molecular complexity index is 2530. The summed E-state index contributed by atoms with van der Waals surface area (Å²) >= 11 is 0. The summed E-state index contributed by atoms with van der Waals surface area (Å²) < 4.78 is 90.5. The second kappa shape index (κ2) is 29.5. The predicted molar refractivity (Wildman–Crippen MR) is 290 cm³/mol. The van der Waals surface area contributed by atoms with Crippen LogP contribution in [0.5, 0.6) is 0 Å². The van der Waals surface area contributed by atoms with Crippen LogP contribution in [0.25, 0.3) is 0 Å². The molecule has 0 radical (unpaired) electrons. The lowest BCUT2D eigenvalue weighted by Crippen LogP contribution is -2.65. The third kappa shape index (κ3) is 18.0. The molecule has 3 heterocycles. The van der Waals surface area contributed by atoms with Crippen LogP contribution in [0.2, 0.25) is 18.1 Å². The zero-order chi connectivity index (χ0) is 57.4. The second-order valence-corrected chi connectivity index (χ2v) is 26.4. The average molecular weight is 1130 g/mol. The Hall–Kier alpha value is -5.46. The van der Waals surface area contributed by atoms with E-state index in [2.05, 4.69) is 33.9 Å². The molecule has 0 bridgehead atoms. The molecule has 14 atom stereocenters. The molecule has 0 aliphatic carbocycles. The van der Waals surface area contributed by atoms with Gasteiger partial charge in [-0.1, -0.05) is 142 Å². The number of rotatable bonds is 25. The Morgan fingerprint density at radius 1 is 0.487 bits per heavy atom. The van der Waals surface area contributed by atoms with Gasteiger partial charge >= 0.3 is 23.9 Å². The molecule has 7 rings (SSSR count). The highest BCUT2D eigenvalue weighted by Crippen LogP contribution is 2.40. The normalized spacial score (nSPS) is 28.1. The maximum atomic E-state index is 13.2. The van der Waals surface area contributed by atoms with Gasteiger partial charge in [0.15, 0.2) is 45.5 Å². The number of benzene rings is 4. The Labute approximate surface area is 469 Å². The Balaban J connectivity index is 1.30. The highest BCUT2D eigenvalue weighted by molar-refractivity contribution is 6.74. The van der Waals surface area contributed by atoms with Crippen molar-refractivity contribution < 1.29 is 90.3 Å². The van der Waals surface area contributed by atoms with E-state index < -0.39 is 125 Å². The predicted octanol–water partition coefficient (Wildman–Crippen LogP) is 7.67. The minimum Gasteiger partial charge on any atom is -0.463 e. The first-order valence-electron chi connectivity index (χ1n) is 27.1. The SMILES string of the molecule is CC(=O)OC[C@H]1O[C@@H](O)[C@H](OC(C)=O)[C@@H](OC(C)=O)[C@@H]1O[C@@H]1O[C@H](CO[Si](C)(C)C(C)(C)C)[C@H](O[C@H]2O[C@H](COCc3ccccc3)[C@H](OCc3ccccc3)[C@H](OCc3ccccc3)[C@H]2OCc2ccccc2)C[C@H]1OC(C)=O. The molecule has 3 fully saturated rings. The first kappa shape index (κ1) is 62.1. The topological polar surface area (TPSA) is 218 Å². The average Bonchev–Trinajstić information content (AvgIpc) is 3.42. The van der Waals surface area contributed by atoms with E-state index in [0.717, 1.165) is 36.1 Å². The van der Waals surface area contributed by atoms with Gasteiger partial charge in [0.25, 0.3) is 0 Å². The zero-order valence-electron chi connectivity index (χ0n) is 47.1. The summed E-state index contributed by atoms with van der Waals surface area (Å²) in [5.41, 5.74) is 3.64. The van der Waals surface area contributed by atoms with Crippen molar-refractivity contribution in [3.05, 3.63) is 144 Å². The van der Waals surface area contributed by atoms with Crippen LogP contribution in [0.3, 0.4) is 0 Å². The van der Waals surface area contributed by atoms with Gasteiger partial charge in [-0.25, -0.2) is 0 Å². The fraction of sp³-hybridized carbons (Fsp3) is 0.533. The molecule has 19 nitrogen and oxygen atoms in total. The van der Waals surface area contributed by atoms with Crippen LogP contribution in [0.4, 0.5) is 0 Å². The summed E-state index contributed by atoms with van der Waals surface area (Å²) in [6.45, 7) is 15.4. The molecule has 3 aliphatic rings. The van der Waals surface area contributed by atoms with Crippen LogP contribution in [0.15, 0.2) is 121 Å². The maximum absolute atomic E-state index is 13.2. The molecular weight excluding hydrogens is 1050 g/mol. The standard InChI is InChI=1S/C60H78O19Si/c1-38(61)67-36-50-52(54(73-40(3)63)55(57(65)75-50)74-41(4)64)79-58-47(72-39(2)62)30-46(48(77-58)37-71-80(8,9)60(5,6)7)76-59-56(70-34-45-28-20-13-21-29-45)53(69-33-44-26-18-12-19-27-44)51(68-32-43-24-16-11-17-25-43)49(78-59)35-66-31-42-22-14-10-15-23-42/h10-29,46-59,65H,30-37H2,1-9H3/t46-,47-,48-,49-,50-,51+,52-,53+,54+,55-,56-,57-,58+,59+/m1/s1. The van der Waals surface area contributed by atoms with E-state index >= 15 is 0 Å². The molecule has 0 spiro atoms. The van der Waals surface area contributed by atoms with E-state index in [-0.39, 0.29) is 51.1 Å². The molecule has 0 saturated carbocycles. The van der Waals surface area contributed by atoms with Gasteiger partial charge in [0.1, 0.15) is 49.3 Å².